The molecule has 27 heavy (non-hydrogen) atoms. The zero-order valence-electron chi connectivity index (χ0n) is 14.5. The zero-order valence-corrected chi connectivity index (χ0v) is 15.3. The van der Waals surface area contributed by atoms with Crippen LogP contribution in [0.4, 0.5) is 0 Å². The molecule has 0 saturated heterocycles. The van der Waals surface area contributed by atoms with E-state index in [-0.39, 0.29) is 17.1 Å². The van der Waals surface area contributed by atoms with Crippen molar-refractivity contribution >= 4 is 28.2 Å². The van der Waals surface area contributed by atoms with Gasteiger partial charge in [-0.1, -0.05) is 18.2 Å². The third-order valence-corrected chi connectivity index (χ3v) is 5.23. The summed E-state index contributed by atoms with van der Waals surface area (Å²) in [6.45, 7) is 0.901. The number of carbonyl (C=O) groups is 1. The molecular formula is C21H17NO4S. The largest absolute Gasteiger partial charge is 0.472 e. The first-order valence-corrected chi connectivity index (χ1v) is 9.44. The number of hydrogen-bond acceptors (Lipinski definition) is 5. The Hall–Kier alpha value is -3.12. The second kappa shape index (κ2) is 7.63. The minimum Gasteiger partial charge on any atom is -0.472 e. The molecule has 1 aromatic carbocycles. The van der Waals surface area contributed by atoms with Crippen LogP contribution in [0.15, 0.2) is 80.1 Å². The van der Waals surface area contributed by atoms with Crippen LogP contribution in [0.5, 0.6) is 0 Å². The molecule has 4 aromatic rings. The Morgan fingerprint density at radius 1 is 1.11 bits per heavy atom. The van der Waals surface area contributed by atoms with Crippen molar-refractivity contribution in [1.29, 1.82) is 0 Å². The van der Waals surface area contributed by atoms with Crippen molar-refractivity contribution in [2.24, 2.45) is 0 Å². The molecular weight excluding hydrogens is 362 g/mol. The van der Waals surface area contributed by atoms with Crippen LogP contribution in [0.25, 0.3) is 11.0 Å². The number of fused-ring (bicyclic) bond motifs is 1. The quantitative estimate of drug-likeness (QED) is 0.500. The summed E-state index contributed by atoms with van der Waals surface area (Å²) in [5, 5.41) is 2.48. The number of nitrogens with zero attached hydrogens (tertiary/aromatic N) is 1. The number of carbonyl (C=O) groups excluding carboxylic acids is 1. The van der Waals surface area contributed by atoms with Gasteiger partial charge in [-0.2, -0.15) is 0 Å². The predicted octanol–water partition coefficient (Wildman–Crippen LogP) is 4.33. The number of para-hydroxylation sites is 1. The molecule has 1 amide bonds. The molecule has 0 spiro atoms. The van der Waals surface area contributed by atoms with Gasteiger partial charge in [0.05, 0.1) is 17.9 Å². The first-order valence-electron chi connectivity index (χ1n) is 8.56. The average molecular weight is 379 g/mol. The van der Waals surface area contributed by atoms with Crippen LogP contribution in [0.1, 0.15) is 21.0 Å². The fraction of sp³-hybridized carbons (Fsp3) is 0.143. The molecule has 0 fully saturated rings. The lowest BCUT2D eigenvalue weighted by Crippen LogP contribution is -2.32. The van der Waals surface area contributed by atoms with Crippen molar-refractivity contribution < 1.29 is 13.6 Å². The van der Waals surface area contributed by atoms with Crippen molar-refractivity contribution in [3.63, 3.8) is 0 Å². The third-order valence-electron chi connectivity index (χ3n) is 4.29. The van der Waals surface area contributed by atoms with E-state index in [0.717, 1.165) is 12.0 Å². The van der Waals surface area contributed by atoms with Gasteiger partial charge in [-0.15, -0.1) is 11.3 Å². The molecule has 0 aliphatic rings. The van der Waals surface area contributed by atoms with Gasteiger partial charge in [-0.3, -0.25) is 9.59 Å². The minimum atomic E-state index is -0.310. The van der Waals surface area contributed by atoms with E-state index in [1.807, 2.05) is 23.6 Å². The van der Waals surface area contributed by atoms with Gasteiger partial charge in [0.1, 0.15) is 5.58 Å². The van der Waals surface area contributed by atoms with Crippen LogP contribution in [-0.2, 0) is 13.0 Å². The van der Waals surface area contributed by atoms with Gasteiger partial charge in [0.2, 0.25) is 0 Å². The maximum atomic E-state index is 13.1. The fourth-order valence-corrected chi connectivity index (χ4v) is 3.62. The van der Waals surface area contributed by atoms with Crippen LogP contribution >= 0.6 is 11.3 Å². The van der Waals surface area contributed by atoms with Crippen LogP contribution in [0.3, 0.4) is 0 Å². The van der Waals surface area contributed by atoms with Gasteiger partial charge >= 0.3 is 0 Å². The highest BCUT2D eigenvalue weighted by atomic mass is 32.1. The Bertz CT molecular complexity index is 1100. The van der Waals surface area contributed by atoms with E-state index in [0.29, 0.717) is 24.1 Å². The second-order valence-electron chi connectivity index (χ2n) is 6.16. The maximum Gasteiger partial charge on any atom is 0.290 e. The molecule has 0 aliphatic heterocycles. The molecule has 4 rings (SSSR count). The third kappa shape index (κ3) is 3.85. The van der Waals surface area contributed by atoms with E-state index in [1.54, 1.807) is 53.0 Å². The number of thiophene rings is 1. The lowest BCUT2D eigenvalue weighted by atomic mass is 10.2. The number of furan rings is 1. The molecule has 6 heteroatoms. The molecule has 3 aromatic heterocycles. The molecule has 5 nitrogen and oxygen atoms in total. The first kappa shape index (κ1) is 17.3. The standard InChI is InChI=1S/C21H17NO4S/c23-18-12-20(26-19-6-2-1-5-17(18)19)21(24)22(13-15-8-10-25-14-15)9-7-16-4-3-11-27-16/h1-6,8,10-12,14H,7,9,13H2. The van der Waals surface area contributed by atoms with Gasteiger partial charge < -0.3 is 13.7 Å². The normalized spacial score (nSPS) is 11.0. The summed E-state index contributed by atoms with van der Waals surface area (Å²) in [6.07, 6.45) is 3.93. The molecule has 3 heterocycles. The molecule has 0 N–H and O–H groups in total. The Morgan fingerprint density at radius 2 is 2.00 bits per heavy atom. The van der Waals surface area contributed by atoms with E-state index >= 15 is 0 Å². The Morgan fingerprint density at radius 3 is 2.78 bits per heavy atom. The summed E-state index contributed by atoms with van der Waals surface area (Å²) in [7, 11) is 0. The zero-order chi connectivity index (χ0) is 18.6. The Labute approximate surface area is 159 Å². The number of rotatable bonds is 6. The van der Waals surface area contributed by atoms with Crippen molar-refractivity contribution in [2.75, 3.05) is 6.54 Å². The molecule has 0 bridgehead atoms. The molecule has 0 aliphatic carbocycles. The van der Waals surface area contributed by atoms with E-state index in [1.165, 1.54) is 10.9 Å². The number of amides is 1. The van der Waals surface area contributed by atoms with Gasteiger partial charge in [0.25, 0.3) is 5.91 Å². The number of hydrogen-bond donors (Lipinski definition) is 0. The van der Waals surface area contributed by atoms with Gasteiger partial charge in [0.15, 0.2) is 11.2 Å². The average Bonchev–Trinajstić information content (AvgIpc) is 3.38. The van der Waals surface area contributed by atoms with E-state index in [9.17, 15) is 9.59 Å². The van der Waals surface area contributed by atoms with Crippen LogP contribution in [-0.4, -0.2) is 17.4 Å². The van der Waals surface area contributed by atoms with Crippen molar-refractivity contribution in [1.82, 2.24) is 4.90 Å². The molecule has 0 saturated carbocycles. The topological polar surface area (TPSA) is 63.7 Å². The summed E-state index contributed by atoms with van der Waals surface area (Å²) >= 11 is 1.65. The molecule has 136 valence electrons. The SMILES string of the molecule is O=C(c1cc(=O)c2ccccc2o1)N(CCc1cccs1)Cc1ccoc1. The summed E-state index contributed by atoms with van der Waals surface area (Å²) in [5.41, 5.74) is 1.08. The predicted molar refractivity (Wildman–Crippen MR) is 104 cm³/mol. The summed E-state index contributed by atoms with van der Waals surface area (Å²) in [5.74, 6) is -0.260. The van der Waals surface area contributed by atoms with Crippen LogP contribution in [0, 0.1) is 0 Å². The van der Waals surface area contributed by atoms with Gasteiger partial charge in [-0.25, -0.2) is 0 Å². The van der Waals surface area contributed by atoms with E-state index in [2.05, 4.69) is 0 Å². The summed E-state index contributed by atoms with van der Waals surface area (Å²) in [4.78, 5) is 28.3. The highest BCUT2D eigenvalue weighted by Crippen LogP contribution is 2.17. The fourth-order valence-electron chi connectivity index (χ4n) is 2.92. The summed E-state index contributed by atoms with van der Waals surface area (Å²) < 4.78 is 10.8. The van der Waals surface area contributed by atoms with Crippen molar-refractivity contribution in [3.05, 3.63) is 92.9 Å². The number of benzene rings is 1. The minimum absolute atomic E-state index is 0.0494. The van der Waals surface area contributed by atoms with Crippen molar-refractivity contribution in [3.8, 4) is 0 Å². The summed E-state index contributed by atoms with van der Waals surface area (Å²) in [6, 6.07) is 14.1. The van der Waals surface area contributed by atoms with Crippen molar-refractivity contribution in [2.45, 2.75) is 13.0 Å². The lowest BCUT2D eigenvalue weighted by molar-refractivity contribution is 0.0713. The highest BCUT2D eigenvalue weighted by molar-refractivity contribution is 7.09. The van der Waals surface area contributed by atoms with E-state index < -0.39 is 0 Å². The molecule has 0 radical (unpaired) electrons. The Kier molecular flexibility index (Phi) is 4.89. The smallest absolute Gasteiger partial charge is 0.290 e. The monoisotopic (exact) mass is 379 g/mol. The lowest BCUT2D eigenvalue weighted by Gasteiger charge is -2.21. The first-order chi connectivity index (χ1) is 13.2. The Balaban J connectivity index is 1.63. The van der Waals surface area contributed by atoms with Crippen LogP contribution in [0.2, 0.25) is 0 Å². The van der Waals surface area contributed by atoms with Crippen LogP contribution < -0.4 is 5.43 Å². The maximum absolute atomic E-state index is 13.1. The second-order valence-corrected chi connectivity index (χ2v) is 7.19. The highest BCUT2D eigenvalue weighted by Gasteiger charge is 2.20. The van der Waals surface area contributed by atoms with Gasteiger partial charge in [0, 0.05) is 29.6 Å². The van der Waals surface area contributed by atoms with E-state index in [4.69, 9.17) is 8.83 Å². The molecule has 0 atom stereocenters. The molecule has 0 unspecified atom stereocenters. The van der Waals surface area contributed by atoms with Gasteiger partial charge in [-0.05, 0) is 36.1 Å².